The maximum Gasteiger partial charge on any atom is 0.0400 e. The van der Waals surface area contributed by atoms with Gasteiger partial charge >= 0.3 is 0 Å². The second-order valence-corrected chi connectivity index (χ2v) is 10.7. The Morgan fingerprint density at radius 2 is 1.66 bits per heavy atom. The SMILES string of the molecule is CC(C)=CCN(c1ccc(NCc2ccccc2)cc1)C1CCN(CCC(C)(C)C)CC1. The number of likely N-dealkylation sites (tertiary alicyclic amines) is 1. The van der Waals surface area contributed by atoms with E-state index in [0.29, 0.717) is 11.5 Å². The number of anilines is 2. The summed E-state index contributed by atoms with van der Waals surface area (Å²) in [6.45, 7) is 16.9. The Bertz CT molecular complexity index is 821. The van der Waals surface area contributed by atoms with Crippen LogP contribution in [0, 0.1) is 5.41 Å². The van der Waals surface area contributed by atoms with Crippen LogP contribution in [0.2, 0.25) is 0 Å². The topological polar surface area (TPSA) is 18.5 Å². The van der Waals surface area contributed by atoms with Crippen LogP contribution >= 0.6 is 0 Å². The highest BCUT2D eigenvalue weighted by Crippen LogP contribution is 2.27. The second-order valence-electron chi connectivity index (χ2n) is 10.7. The Kier molecular flexibility index (Phi) is 8.81. The van der Waals surface area contributed by atoms with Crippen LogP contribution in [0.25, 0.3) is 0 Å². The van der Waals surface area contributed by atoms with Crippen LogP contribution < -0.4 is 10.2 Å². The number of allylic oxidation sites excluding steroid dienone is 1. The third-order valence-corrected chi connectivity index (χ3v) is 6.41. The summed E-state index contributed by atoms with van der Waals surface area (Å²) in [6, 6.07) is 20.2. The van der Waals surface area contributed by atoms with E-state index < -0.39 is 0 Å². The van der Waals surface area contributed by atoms with Crippen molar-refractivity contribution in [3.63, 3.8) is 0 Å². The summed E-state index contributed by atoms with van der Waals surface area (Å²) < 4.78 is 0. The van der Waals surface area contributed by atoms with Gasteiger partial charge in [-0.2, -0.15) is 0 Å². The summed E-state index contributed by atoms with van der Waals surface area (Å²) in [5.74, 6) is 0. The minimum atomic E-state index is 0.419. The quantitative estimate of drug-likeness (QED) is 0.431. The fourth-order valence-corrected chi connectivity index (χ4v) is 4.27. The molecule has 0 aromatic heterocycles. The van der Waals surface area contributed by atoms with Crippen molar-refractivity contribution in [1.29, 1.82) is 0 Å². The van der Waals surface area contributed by atoms with E-state index in [1.165, 1.54) is 61.4 Å². The van der Waals surface area contributed by atoms with Crippen molar-refractivity contribution in [3.8, 4) is 0 Å². The third-order valence-electron chi connectivity index (χ3n) is 6.41. The molecule has 0 bridgehead atoms. The van der Waals surface area contributed by atoms with Gasteiger partial charge in [0.05, 0.1) is 0 Å². The molecule has 0 unspecified atom stereocenters. The molecule has 1 aliphatic heterocycles. The molecule has 1 N–H and O–H groups in total. The van der Waals surface area contributed by atoms with Gasteiger partial charge in [-0.1, -0.05) is 62.8 Å². The standard InChI is InChI=1S/C29H43N3/c1-24(2)15-21-32(28-16-19-31(20-17-28)22-18-29(3,4)5)27-13-11-26(12-14-27)30-23-25-9-7-6-8-10-25/h6-15,28,30H,16-23H2,1-5H3. The van der Waals surface area contributed by atoms with Gasteiger partial charge in [-0.3, -0.25) is 0 Å². The Hall–Kier alpha value is -2.26. The van der Waals surface area contributed by atoms with E-state index in [2.05, 4.69) is 110 Å². The maximum absolute atomic E-state index is 3.55. The highest BCUT2D eigenvalue weighted by molar-refractivity contribution is 5.56. The second kappa shape index (κ2) is 11.6. The highest BCUT2D eigenvalue weighted by atomic mass is 15.2. The molecule has 0 saturated carbocycles. The van der Waals surface area contributed by atoms with Crippen molar-refractivity contribution in [2.75, 3.05) is 36.4 Å². The lowest BCUT2D eigenvalue weighted by Gasteiger charge is -2.40. The third kappa shape index (κ3) is 8.02. The fourth-order valence-electron chi connectivity index (χ4n) is 4.27. The molecule has 0 amide bonds. The predicted molar refractivity (Wildman–Crippen MR) is 141 cm³/mol. The molecule has 2 aromatic rings. The molecule has 174 valence electrons. The van der Waals surface area contributed by atoms with Crippen molar-refractivity contribution >= 4 is 11.4 Å². The van der Waals surface area contributed by atoms with E-state index in [4.69, 9.17) is 0 Å². The van der Waals surface area contributed by atoms with Gasteiger partial charge < -0.3 is 15.1 Å². The van der Waals surface area contributed by atoms with Crippen molar-refractivity contribution in [1.82, 2.24) is 4.90 Å². The molecule has 3 heteroatoms. The summed E-state index contributed by atoms with van der Waals surface area (Å²) in [6.07, 6.45) is 6.13. The summed E-state index contributed by atoms with van der Waals surface area (Å²) >= 11 is 0. The molecule has 3 nitrogen and oxygen atoms in total. The van der Waals surface area contributed by atoms with Crippen molar-refractivity contribution in [2.24, 2.45) is 5.41 Å². The largest absolute Gasteiger partial charge is 0.381 e. The molecule has 0 spiro atoms. The first-order valence-electron chi connectivity index (χ1n) is 12.3. The summed E-state index contributed by atoms with van der Waals surface area (Å²) in [4.78, 5) is 5.28. The van der Waals surface area contributed by atoms with Gasteiger partial charge in [0.2, 0.25) is 0 Å². The van der Waals surface area contributed by atoms with Gasteiger partial charge in [0.1, 0.15) is 0 Å². The van der Waals surface area contributed by atoms with E-state index in [1.54, 1.807) is 0 Å². The maximum atomic E-state index is 3.55. The molecule has 1 aliphatic rings. The molecule has 1 fully saturated rings. The van der Waals surface area contributed by atoms with Gasteiger partial charge in [-0.05, 0) is 74.9 Å². The number of nitrogens with zero attached hydrogens (tertiary/aromatic N) is 2. The number of hydrogen-bond donors (Lipinski definition) is 1. The van der Waals surface area contributed by atoms with E-state index in [1.807, 2.05) is 0 Å². The van der Waals surface area contributed by atoms with Crippen molar-refractivity contribution in [3.05, 3.63) is 71.8 Å². The zero-order valence-corrected chi connectivity index (χ0v) is 20.9. The Balaban J connectivity index is 1.61. The predicted octanol–water partition coefficient (Wildman–Crippen LogP) is 6.97. The van der Waals surface area contributed by atoms with Crippen molar-refractivity contribution in [2.45, 2.75) is 66.5 Å². The molecule has 0 radical (unpaired) electrons. The normalized spacial score (nSPS) is 15.4. The highest BCUT2D eigenvalue weighted by Gasteiger charge is 2.25. The Morgan fingerprint density at radius 1 is 1.00 bits per heavy atom. The molecule has 32 heavy (non-hydrogen) atoms. The van der Waals surface area contributed by atoms with E-state index in [0.717, 1.165) is 13.1 Å². The van der Waals surface area contributed by atoms with E-state index >= 15 is 0 Å². The van der Waals surface area contributed by atoms with Crippen LogP contribution in [0.1, 0.15) is 59.4 Å². The number of benzene rings is 2. The van der Waals surface area contributed by atoms with E-state index in [9.17, 15) is 0 Å². The average molecular weight is 434 g/mol. The van der Waals surface area contributed by atoms with Crippen LogP contribution in [0.3, 0.4) is 0 Å². The Morgan fingerprint density at radius 3 is 2.25 bits per heavy atom. The molecule has 0 aliphatic carbocycles. The zero-order chi connectivity index (χ0) is 23.0. The van der Waals surface area contributed by atoms with Gasteiger partial charge in [0.25, 0.3) is 0 Å². The molecule has 1 saturated heterocycles. The molecule has 3 rings (SSSR count). The number of hydrogen-bond acceptors (Lipinski definition) is 3. The minimum Gasteiger partial charge on any atom is -0.381 e. The number of nitrogens with one attached hydrogen (secondary N) is 1. The zero-order valence-electron chi connectivity index (χ0n) is 20.9. The molecular weight excluding hydrogens is 390 g/mol. The van der Waals surface area contributed by atoms with Crippen LogP contribution in [0.5, 0.6) is 0 Å². The smallest absolute Gasteiger partial charge is 0.0400 e. The van der Waals surface area contributed by atoms with Crippen molar-refractivity contribution < 1.29 is 0 Å². The first-order valence-corrected chi connectivity index (χ1v) is 12.3. The molecule has 1 heterocycles. The lowest BCUT2D eigenvalue weighted by molar-refractivity contribution is 0.183. The van der Waals surface area contributed by atoms with Gasteiger partial charge in [-0.25, -0.2) is 0 Å². The van der Waals surface area contributed by atoms with Crippen LogP contribution in [0.4, 0.5) is 11.4 Å². The fraction of sp³-hybridized carbons (Fsp3) is 0.517. The van der Waals surface area contributed by atoms with Crippen LogP contribution in [0.15, 0.2) is 66.2 Å². The molecule has 2 aromatic carbocycles. The first kappa shape index (κ1) is 24.4. The van der Waals surface area contributed by atoms with E-state index in [-0.39, 0.29) is 0 Å². The van der Waals surface area contributed by atoms with Gasteiger partial charge in [0.15, 0.2) is 0 Å². The lowest BCUT2D eigenvalue weighted by atomic mass is 9.91. The minimum absolute atomic E-state index is 0.419. The first-order chi connectivity index (χ1) is 15.3. The van der Waals surface area contributed by atoms with Gasteiger partial charge in [-0.15, -0.1) is 0 Å². The van der Waals surface area contributed by atoms with Gasteiger partial charge in [0, 0.05) is 43.6 Å². The molecule has 0 atom stereocenters. The number of rotatable bonds is 9. The number of piperidine rings is 1. The monoisotopic (exact) mass is 433 g/mol. The average Bonchev–Trinajstić information content (AvgIpc) is 2.78. The molecular formula is C29H43N3. The summed E-state index contributed by atoms with van der Waals surface area (Å²) in [5.41, 5.74) is 5.62. The summed E-state index contributed by atoms with van der Waals surface area (Å²) in [5, 5.41) is 3.55. The summed E-state index contributed by atoms with van der Waals surface area (Å²) in [7, 11) is 0. The van der Waals surface area contributed by atoms with Crippen LogP contribution in [-0.2, 0) is 6.54 Å². The Labute approximate surface area is 196 Å². The van der Waals surface area contributed by atoms with Crippen LogP contribution in [-0.4, -0.2) is 37.1 Å². The lowest BCUT2D eigenvalue weighted by Crippen LogP contribution is -2.45.